The first-order chi connectivity index (χ1) is 12.7. The van der Waals surface area contributed by atoms with Crippen LogP contribution in [0.4, 0.5) is 13.2 Å². The van der Waals surface area contributed by atoms with Crippen LogP contribution in [0.2, 0.25) is 0 Å². The second kappa shape index (κ2) is 9.05. The molecule has 1 aliphatic rings. The zero-order valence-corrected chi connectivity index (χ0v) is 15.1. The molecule has 0 bridgehead atoms. The summed E-state index contributed by atoms with van der Waals surface area (Å²) in [4.78, 5) is 11.3. The van der Waals surface area contributed by atoms with Gasteiger partial charge in [0.2, 0.25) is 0 Å². The lowest BCUT2D eigenvalue weighted by molar-refractivity contribution is -0.192. The zero-order valence-electron chi connectivity index (χ0n) is 15.1. The largest absolute Gasteiger partial charge is 0.490 e. The average Bonchev–Trinajstić information content (AvgIpc) is 3.21. The van der Waals surface area contributed by atoms with Gasteiger partial charge in [-0.1, -0.05) is 0 Å². The van der Waals surface area contributed by atoms with Crippen LogP contribution in [0.15, 0.2) is 29.2 Å². The minimum Gasteiger partial charge on any atom is -0.475 e. The van der Waals surface area contributed by atoms with Crippen LogP contribution in [-0.4, -0.2) is 51.7 Å². The molecule has 150 valence electrons. The van der Waals surface area contributed by atoms with Gasteiger partial charge in [0.25, 0.3) is 0 Å². The smallest absolute Gasteiger partial charge is 0.475 e. The average molecular weight is 389 g/mol. The molecule has 0 amide bonds. The highest BCUT2D eigenvalue weighted by Crippen LogP contribution is 2.28. The molecular formula is C17H22F3N3O4. The summed E-state index contributed by atoms with van der Waals surface area (Å²) in [5, 5.41) is 11.7. The second-order valence-corrected chi connectivity index (χ2v) is 6.17. The fourth-order valence-corrected chi connectivity index (χ4v) is 2.87. The molecule has 0 saturated heterocycles. The summed E-state index contributed by atoms with van der Waals surface area (Å²) in [7, 11) is 1.98. The summed E-state index contributed by atoms with van der Waals surface area (Å²) in [6, 6.07) is 2.02. The van der Waals surface area contributed by atoms with Crippen LogP contribution in [0.25, 0.3) is 0 Å². The lowest BCUT2D eigenvalue weighted by Crippen LogP contribution is -2.34. The number of rotatable bonds is 5. The van der Waals surface area contributed by atoms with E-state index in [1.54, 1.807) is 6.26 Å². The topological polar surface area (TPSA) is 80.7 Å². The van der Waals surface area contributed by atoms with Crippen LogP contribution in [0.5, 0.6) is 0 Å². The van der Waals surface area contributed by atoms with Crippen LogP contribution < -0.4 is 0 Å². The summed E-state index contributed by atoms with van der Waals surface area (Å²) in [5.74, 6) is -2.35. The molecule has 3 heterocycles. The molecule has 2 aromatic heterocycles. The number of carbonyl (C=O) groups is 1. The van der Waals surface area contributed by atoms with E-state index in [0.717, 1.165) is 32.8 Å². The maximum absolute atomic E-state index is 10.6. The van der Waals surface area contributed by atoms with Gasteiger partial charge in [0, 0.05) is 56.5 Å². The molecule has 0 aliphatic carbocycles. The van der Waals surface area contributed by atoms with E-state index in [2.05, 4.69) is 16.2 Å². The highest BCUT2D eigenvalue weighted by molar-refractivity contribution is 5.73. The number of ether oxygens (including phenoxy) is 1. The quantitative estimate of drug-likeness (QED) is 0.847. The van der Waals surface area contributed by atoms with Crippen molar-refractivity contribution >= 4 is 5.97 Å². The molecule has 1 aliphatic heterocycles. The molecule has 0 aromatic carbocycles. The van der Waals surface area contributed by atoms with Gasteiger partial charge >= 0.3 is 12.1 Å². The van der Waals surface area contributed by atoms with Gasteiger partial charge in [-0.25, -0.2) is 4.79 Å². The summed E-state index contributed by atoms with van der Waals surface area (Å²) >= 11 is 0. The number of hydrogen-bond donors (Lipinski definition) is 1. The number of nitrogens with zero attached hydrogens (tertiary/aromatic N) is 3. The van der Waals surface area contributed by atoms with Crippen LogP contribution in [-0.2, 0) is 29.7 Å². The minimum absolute atomic E-state index is 0.402. The van der Waals surface area contributed by atoms with Crippen LogP contribution in [0.3, 0.4) is 0 Å². The van der Waals surface area contributed by atoms with Gasteiger partial charge in [-0.15, -0.1) is 0 Å². The number of carboxylic acid groups (broad SMARTS) is 1. The molecule has 7 nitrogen and oxygen atoms in total. The Morgan fingerprint density at radius 1 is 1.48 bits per heavy atom. The maximum atomic E-state index is 10.6. The summed E-state index contributed by atoms with van der Waals surface area (Å²) < 4.78 is 44.4. The van der Waals surface area contributed by atoms with Gasteiger partial charge in [0.05, 0.1) is 24.8 Å². The van der Waals surface area contributed by atoms with E-state index in [1.807, 2.05) is 31.0 Å². The van der Waals surface area contributed by atoms with Gasteiger partial charge in [0.1, 0.15) is 0 Å². The minimum atomic E-state index is -5.08. The van der Waals surface area contributed by atoms with Crippen molar-refractivity contribution in [2.45, 2.75) is 32.1 Å². The molecule has 1 unspecified atom stereocenters. The first-order valence-corrected chi connectivity index (χ1v) is 8.34. The Morgan fingerprint density at radius 3 is 2.74 bits per heavy atom. The fourth-order valence-electron chi connectivity index (χ4n) is 2.87. The van der Waals surface area contributed by atoms with Crippen LogP contribution in [0.1, 0.15) is 29.7 Å². The van der Waals surface area contributed by atoms with Crippen molar-refractivity contribution in [2.75, 3.05) is 19.8 Å². The Balaban J connectivity index is 0.000000321. The summed E-state index contributed by atoms with van der Waals surface area (Å²) in [6.45, 7) is 6.35. The predicted molar refractivity (Wildman–Crippen MR) is 89.0 cm³/mol. The van der Waals surface area contributed by atoms with E-state index in [1.165, 1.54) is 16.8 Å². The lowest BCUT2D eigenvalue weighted by atomic mass is 9.95. The van der Waals surface area contributed by atoms with Crippen molar-refractivity contribution in [2.24, 2.45) is 7.05 Å². The third kappa shape index (κ3) is 6.10. The van der Waals surface area contributed by atoms with Gasteiger partial charge < -0.3 is 14.3 Å². The number of hydrogen-bond acceptors (Lipinski definition) is 5. The Labute approximate surface area is 154 Å². The number of aliphatic carboxylic acids is 1. The van der Waals surface area contributed by atoms with Crippen molar-refractivity contribution in [1.82, 2.24) is 14.7 Å². The fraction of sp³-hybridized carbons (Fsp3) is 0.529. The molecule has 1 N–H and O–H groups in total. The van der Waals surface area contributed by atoms with E-state index in [-0.39, 0.29) is 0 Å². The van der Waals surface area contributed by atoms with E-state index in [4.69, 9.17) is 19.1 Å². The molecule has 0 saturated carbocycles. The third-order valence-corrected chi connectivity index (χ3v) is 3.98. The highest BCUT2D eigenvalue weighted by atomic mass is 19.4. The SMILES string of the molecule is CCOCC1CN(Cc2ccoc2)Cc2nn(C)cc21.O=C(O)C(F)(F)F. The molecule has 0 spiro atoms. The lowest BCUT2D eigenvalue weighted by Gasteiger charge is -2.31. The molecule has 3 rings (SSSR count). The van der Waals surface area contributed by atoms with Crippen molar-refractivity contribution in [3.63, 3.8) is 0 Å². The number of fused-ring (bicyclic) bond motifs is 1. The Bertz CT molecular complexity index is 728. The van der Waals surface area contributed by atoms with E-state index in [0.29, 0.717) is 5.92 Å². The van der Waals surface area contributed by atoms with Crippen molar-refractivity contribution < 1.29 is 32.2 Å². The molecular weight excluding hydrogens is 367 g/mol. The van der Waals surface area contributed by atoms with Crippen molar-refractivity contribution in [1.29, 1.82) is 0 Å². The molecule has 1 atom stereocenters. The Morgan fingerprint density at radius 2 is 2.19 bits per heavy atom. The summed E-state index contributed by atoms with van der Waals surface area (Å²) in [5.41, 5.74) is 3.72. The standard InChI is InChI=1S/C15H21N3O2.C2HF3O2/c1-3-19-11-13-7-18(6-12-4-5-20-10-12)9-15-14(13)8-17(2)16-15;3-2(4,5)1(6)7/h4-5,8,10,13H,3,6-7,9,11H2,1-2H3;(H,6,7). The van der Waals surface area contributed by atoms with Crippen LogP contribution in [0, 0.1) is 0 Å². The number of carboxylic acids is 1. The zero-order chi connectivity index (χ0) is 20.0. The first-order valence-electron chi connectivity index (χ1n) is 8.34. The molecule has 0 radical (unpaired) electrons. The molecule has 27 heavy (non-hydrogen) atoms. The van der Waals surface area contributed by atoms with Crippen molar-refractivity contribution in [3.8, 4) is 0 Å². The Kier molecular flexibility index (Phi) is 7.03. The number of aryl methyl sites for hydroxylation is 1. The van der Waals surface area contributed by atoms with Gasteiger partial charge in [-0.3, -0.25) is 9.58 Å². The Hall–Kier alpha value is -2.33. The normalized spacial score (nSPS) is 17.1. The molecule has 0 fully saturated rings. The predicted octanol–water partition coefficient (Wildman–Crippen LogP) is 2.78. The van der Waals surface area contributed by atoms with Gasteiger partial charge in [0.15, 0.2) is 0 Å². The number of aromatic nitrogens is 2. The third-order valence-electron chi connectivity index (χ3n) is 3.98. The number of halogens is 3. The highest BCUT2D eigenvalue weighted by Gasteiger charge is 2.38. The summed E-state index contributed by atoms with van der Waals surface area (Å²) in [6.07, 6.45) is 0.586. The number of alkyl halides is 3. The van der Waals surface area contributed by atoms with E-state index < -0.39 is 12.1 Å². The van der Waals surface area contributed by atoms with E-state index >= 15 is 0 Å². The number of furan rings is 1. The van der Waals surface area contributed by atoms with Crippen LogP contribution >= 0.6 is 0 Å². The van der Waals surface area contributed by atoms with Gasteiger partial charge in [-0.2, -0.15) is 18.3 Å². The maximum Gasteiger partial charge on any atom is 0.490 e. The molecule has 2 aromatic rings. The second-order valence-electron chi connectivity index (χ2n) is 6.17. The van der Waals surface area contributed by atoms with E-state index in [9.17, 15) is 13.2 Å². The molecule has 10 heteroatoms. The van der Waals surface area contributed by atoms with Crippen molar-refractivity contribution in [3.05, 3.63) is 41.6 Å². The first kappa shape index (κ1) is 21.0. The monoisotopic (exact) mass is 389 g/mol. The van der Waals surface area contributed by atoms with Gasteiger partial charge in [-0.05, 0) is 13.0 Å².